The molecule has 0 bridgehead atoms. The first kappa shape index (κ1) is 19.5. The summed E-state index contributed by atoms with van der Waals surface area (Å²) in [5.74, 6) is 0.260. The summed E-state index contributed by atoms with van der Waals surface area (Å²) in [6.45, 7) is 2.15. The lowest BCUT2D eigenvalue weighted by Crippen LogP contribution is -2.39. The van der Waals surface area contributed by atoms with Gasteiger partial charge in [0.1, 0.15) is 5.82 Å². The van der Waals surface area contributed by atoms with Crippen LogP contribution in [0.5, 0.6) is 0 Å². The molecule has 1 N–H and O–H groups in total. The number of fused-ring (bicyclic) bond motifs is 1. The van der Waals surface area contributed by atoms with Crippen molar-refractivity contribution in [2.45, 2.75) is 26.3 Å². The number of nitrogens with zero attached hydrogens (tertiary/aromatic N) is 3. The van der Waals surface area contributed by atoms with Crippen LogP contribution in [-0.4, -0.2) is 32.2 Å². The Labute approximate surface area is 172 Å². The van der Waals surface area contributed by atoms with Gasteiger partial charge >= 0.3 is 0 Å². The van der Waals surface area contributed by atoms with Gasteiger partial charge in [-0.05, 0) is 18.6 Å². The summed E-state index contributed by atoms with van der Waals surface area (Å²) < 4.78 is 0. The number of hydrogen-bond acceptors (Lipinski definition) is 5. The van der Waals surface area contributed by atoms with E-state index >= 15 is 0 Å². The van der Waals surface area contributed by atoms with E-state index in [1.807, 2.05) is 30.3 Å². The van der Waals surface area contributed by atoms with Crippen molar-refractivity contribution in [2.75, 3.05) is 6.54 Å². The lowest BCUT2D eigenvalue weighted by Gasteiger charge is -2.28. The second-order valence-corrected chi connectivity index (χ2v) is 7.34. The fraction of sp³-hybridized carbons (Fsp3) is 0.227. The fourth-order valence-electron chi connectivity index (χ4n) is 3.64. The summed E-state index contributed by atoms with van der Waals surface area (Å²) in [6.07, 6.45) is 0.986. The van der Waals surface area contributed by atoms with Gasteiger partial charge in [0.15, 0.2) is 0 Å². The van der Waals surface area contributed by atoms with Crippen LogP contribution in [0.4, 0.5) is 5.69 Å². The minimum Gasteiger partial charge on any atom is -0.334 e. The molecule has 0 spiro atoms. The smallest absolute Gasteiger partial charge is 0.273 e. The topological polar surface area (TPSA) is 109 Å². The number of carbonyl (C=O) groups excluding carboxylic acids is 1. The van der Waals surface area contributed by atoms with Crippen LogP contribution < -0.4 is 5.56 Å². The molecular formula is C22H20N4O4. The van der Waals surface area contributed by atoms with E-state index in [9.17, 15) is 19.7 Å². The van der Waals surface area contributed by atoms with Gasteiger partial charge < -0.3 is 9.88 Å². The molecule has 0 radical (unpaired) electrons. The number of nitro benzene ring substituents is 1. The summed E-state index contributed by atoms with van der Waals surface area (Å²) in [5.41, 5.74) is 2.60. The van der Waals surface area contributed by atoms with E-state index in [4.69, 9.17) is 0 Å². The Kier molecular flexibility index (Phi) is 5.14. The highest BCUT2D eigenvalue weighted by Gasteiger charge is 2.26. The van der Waals surface area contributed by atoms with Gasteiger partial charge in [-0.2, -0.15) is 0 Å². The van der Waals surface area contributed by atoms with Crippen LogP contribution >= 0.6 is 0 Å². The molecule has 4 rings (SSSR count). The lowest BCUT2D eigenvalue weighted by atomic mass is 10.0. The number of nitrogens with one attached hydrogen (secondary N) is 1. The molecular weight excluding hydrogens is 384 g/mol. The first-order chi connectivity index (χ1) is 14.4. The van der Waals surface area contributed by atoms with Crippen LogP contribution in [0, 0.1) is 17.0 Å². The molecule has 3 aromatic rings. The predicted octanol–water partition coefficient (Wildman–Crippen LogP) is 2.78. The van der Waals surface area contributed by atoms with Crippen LogP contribution in [0.25, 0.3) is 0 Å². The maximum absolute atomic E-state index is 12.9. The SMILES string of the molecule is Cc1ccc(C(=O)N2CCc3nc(Cc4ccccc4)[nH]c(=O)c3C2)cc1[N+](=O)[O-]. The van der Waals surface area contributed by atoms with Crippen LogP contribution in [-0.2, 0) is 19.4 Å². The number of carbonyl (C=O) groups is 1. The second kappa shape index (κ2) is 7.90. The van der Waals surface area contributed by atoms with Crippen molar-refractivity contribution in [3.8, 4) is 0 Å². The molecule has 0 saturated heterocycles. The van der Waals surface area contributed by atoms with Crippen molar-refractivity contribution >= 4 is 11.6 Å². The van der Waals surface area contributed by atoms with E-state index in [1.165, 1.54) is 11.0 Å². The van der Waals surface area contributed by atoms with Gasteiger partial charge in [0, 0.05) is 36.6 Å². The van der Waals surface area contributed by atoms with Crippen LogP contribution in [0.1, 0.15) is 38.6 Å². The third kappa shape index (κ3) is 3.84. The first-order valence-electron chi connectivity index (χ1n) is 9.61. The summed E-state index contributed by atoms with van der Waals surface area (Å²) in [6, 6.07) is 14.2. The molecule has 0 aliphatic carbocycles. The molecule has 1 aromatic heterocycles. The monoisotopic (exact) mass is 404 g/mol. The molecule has 0 fully saturated rings. The van der Waals surface area contributed by atoms with Gasteiger partial charge in [0.05, 0.1) is 22.7 Å². The summed E-state index contributed by atoms with van der Waals surface area (Å²) in [7, 11) is 0. The maximum atomic E-state index is 12.9. The van der Waals surface area contributed by atoms with Gasteiger partial charge in [-0.25, -0.2) is 4.98 Å². The molecule has 0 saturated carbocycles. The van der Waals surface area contributed by atoms with E-state index in [0.717, 1.165) is 5.56 Å². The average molecular weight is 404 g/mol. The molecule has 152 valence electrons. The number of nitro groups is 1. The Morgan fingerprint density at radius 1 is 1.23 bits per heavy atom. The molecule has 2 aromatic carbocycles. The number of aryl methyl sites for hydroxylation is 1. The van der Waals surface area contributed by atoms with E-state index in [1.54, 1.807) is 19.1 Å². The van der Waals surface area contributed by atoms with Crippen molar-refractivity contribution < 1.29 is 9.72 Å². The summed E-state index contributed by atoms with van der Waals surface area (Å²) >= 11 is 0. The van der Waals surface area contributed by atoms with Gasteiger partial charge in [-0.3, -0.25) is 19.7 Å². The Hall–Kier alpha value is -3.81. The molecule has 0 unspecified atom stereocenters. The highest BCUT2D eigenvalue weighted by atomic mass is 16.6. The van der Waals surface area contributed by atoms with Crippen molar-refractivity contribution in [2.24, 2.45) is 0 Å². The van der Waals surface area contributed by atoms with E-state index in [-0.39, 0.29) is 29.3 Å². The lowest BCUT2D eigenvalue weighted by molar-refractivity contribution is -0.385. The second-order valence-electron chi connectivity index (χ2n) is 7.34. The van der Waals surface area contributed by atoms with Gasteiger partial charge in [-0.15, -0.1) is 0 Å². The highest BCUT2D eigenvalue weighted by molar-refractivity contribution is 5.95. The van der Waals surface area contributed by atoms with Crippen molar-refractivity contribution in [1.29, 1.82) is 0 Å². The number of rotatable bonds is 4. The minimum atomic E-state index is -0.499. The largest absolute Gasteiger partial charge is 0.334 e. The van der Waals surface area contributed by atoms with Crippen LogP contribution in [0.15, 0.2) is 53.3 Å². The van der Waals surface area contributed by atoms with Crippen LogP contribution in [0.2, 0.25) is 0 Å². The van der Waals surface area contributed by atoms with E-state index < -0.39 is 4.92 Å². The predicted molar refractivity (Wildman–Crippen MR) is 110 cm³/mol. The standard InChI is InChI=1S/C22H20N4O4/c1-14-7-8-16(12-19(14)26(29)30)22(28)25-10-9-18-17(13-25)21(27)24-20(23-18)11-15-5-3-2-4-6-15/h2-8,12H,9-11,13H2,1H3,(H,23,24,27). The molecule has 8 nitrogen and oxygen atoms in total. The number of amides is 1. The Bertz CT molecular complexity index is 1190. The fourth-order valence-corrected chi connectivity index (χ4v) is 3.64. The average Bonchev–Trinajstić information content (AvgIpc) is 2.74. The highest BCUT2D eigenvalue weighted by Crippen LogP contribution is 2.22. The number of hydrogen-bond donors (Lipinski definition) is 1. The Morgan fingerprint density at radius 3 is 2.73 bits per heavy atom. The zero-order chi connectivity index (χ0) is 21.3. The van der Waals surface area contributed by atoms with E-state index in [0.29, 0.717) is 42.0 Å². The molecule has 0 atom stereocenters. The Morgan fingerprint density at radius 2 is 2.00 bits per heavy atom. The number of H-pyrrole nitrogens is 1. The quantitative estimate of drug-likeness (QED) is 0.531. The summed E-state index contributed by atoms with van der Waals surface area (Å²) in [5, 5.41) is 11.2. The molecule has 1 amide bonds. The molecule has 1 aliphatic rings. The molecule has 8 heteroatoms. The van der Waals surface area contributed by atoms with Crippen molar-refractivity contribution in [3.63, 3.8) is 0 Å². The minimum absolute atomic E-state index is 0.0941. The third-order valence-electron chi connectivity index (χ3n) is 5.27. The van der Waals surface area contributed by atoms with Gasteiger partial charge in [0.25, 0.3) is 17.2 Å². The van der Waals surface area contributed by atoms with Crippen LogP contribution in [0.3, 0.4) is 0 Å². The van der Waals surface area contributed by atoms with Gasteiger partial charge in [0.2, 0.25) is 0 Å². The number of aromatic amines is 1. The third-order valence-corrected chi connectivity index (χ3v) is 5.27. The number of aromatic nitrogens is 2. The zero-order valence-corrected chi connectivity index (χ0v) is 16.4. The van der Waals surface area contributed by atoms with E-state index in [2.05, 4.69) is 9.97 Å². The van der Waals surface area contributed by atoms with Gasteiger partial charge in [-0.1, -0.05) is 36.4 Å². The molecule has 30 heavy (non-hydrogen) atoms. The number of benzene rings is 2. The normalized spacial score (nSPS) is 13.0. The summed E-state index contributed by atoms with van der Waals surface area (Å²) in [4.78, 5) is 45.2. The molecule has 1 aliphatic heterocycles. The van der Waals surface area contributed by atoms with Crippen molar-refractivity contribution in [3.05, 3.63) is 103 Å². The molecule has 2 heterocycles. The Balaban J connectivity index is 1.56. The van der Waals surface area contributed by atoms with Crippen molar-refractivity contribution in [1.82, 2.24) is 14.9 Å². The maximum Gasteiger partial charge on any atom is 0.273 e. The zero-order valence-electron chi connectivity index (χ0n) is 16.4. The first-order valence-corrected chi connectivity index (χ1v) is 9.61.